The lowest BCUT2D eigenvalue weighted by Gasteiger charge is -2.28. The molecule has 1 nitrogen and oxygen atoms in total. The molecule has 252 valence electrons. The van der Waals surface area contributed by atoms with Crippen molar-refractivity contribution in [2.75, 3.05) is 4.90 Å². The maximum Gasteiger partial charge on any atom is 0.0473 e. The van der Waals surface area contributed by atoms with Crippen LogP contribution < -0.4 is 4.90 Å². The Morgan fingerprint density at radius 1 is 0.275 bits per heavy atom. The molecule has 0 aliphatic carbocycles. The average Bonchev–Trinajstić information content (AvgIpc) is 3.15. The third-order valence-electron chi connectivity index (χ3n) is 9.75. The molecule has 0 radical (unpaired) electrons. The second-order valence-corrected chi connectivity index (χ2v) is 15.6. The maximum absolute atomic E-state index is 2.42. The van der Waals surface area contributed by atoms with Crippen LogP contribution in [0.25, 0.3) is 44.5 Å². The molecule has 0 unspecified atom stereocenters. The summed E-state index contributed by atoms with van der Waals surface area (Å²) in [5, 5.41) is 0. The Balaban J connectivity index is 1.46. The summed E-state index contributed by atoms with van der Waals surface area (Å²) in [5.74, 6) is 0. The zero-order valence-electron chi connectivity index (χ0n) is 30.7. The molecule has 7 aromatic carbocycles. The van der Waals surface area contributed by atoms with Gasteiger partial charge in [0.05, 0.1) is 0 Å². The summed E-state index contributed by atoms with van der Waals surface area (Å²) in [6.07, 6.45) is 0. The summed E-state index contributed by atoms with van der Waals surface area (Å²) in [6, 6.07) is 64.5. The van der Waals surface area contributed by atoms with Crippen molar-refractivity contribution in [3.05, 3.63) is 187 Å². The van der Waals surface area contributed by atoms with Crippen molar-refractivity contribution < 1.29 is 0 Å². The van der Waals surface area contributed by atoms with E-state index >= 15 is 0 Å². The van der Waals surface area contributed by atoms with Crippen molar-refractivity contribution in [3.8, 4) is 44.5 Å². The highest BCUT2D eigenvalue weighted by molar-refractivity contribution is 5.88. The molecule has 0 fully saturated rings. The highest BCUT2D eigenvalue weighted by Crippen LogP contribution is 2.43. The fourth-order valence-electron chi connectivity index (χ4n) is 6.76. The zero-order chi connectivity index (χ0) is 35.6. The predicted octanol–water partition coefficient (Wildman–Crippen LogP) is 14.4. The van der Waals surface area contributed by atoms with E-state index in [2.05, 4.69) is 222 Å². The smallest absolute Gasteiger partial charge is 0.0473 e. The molecule has 0 N–H and O–H groups in total. The van der Waals surface area contributed by atoms with Gasteiger partial charge in [-0.1, -0.05) is 169 Å². The van der Waals surface area contributed by atoms with Gasteiger partial charge in [0.15, 0.2) is 0 Å². The van der Waals surface area contributed by atoms with Crippen LogP contribution in [0.5, 0.6) is 0 Å². The Morgan fingerprint density at radius 2 is 0.569 bits per heavy atom. The van der Waals surface area contributed by atoms with E-state index in [1.54, 1.807) is 0 Å². The maximum atomic E-state index is 2.42. The molecule has 7 rings (SSSR count). The summed E-state index contributed by atoms with van der Waals surface area (Å²) < 4.78 is 0. The van der Waals surface area contributed by atoms with Gasteiger partial charge in [-0.05, 0) is 115 Å². The van der Waals surface area contributed by atoms with Crippen LogP contribution in [0.4, 0.5) is 17.1 Å². The lowest BCUT2D eigenvalue weighted by molar-refractivity contribution is 0.590. The van der Waals surface area contributed by atoms with Gasteiger partial charge >= 0.3 is 0 Å². The molecule has 0 spiro atoms. The van der Waals surface area contributed by atoms with Crippen molar-refractivity contribution in [1.29, 1.82) is 0 Å². The molecular weight excluding hydrogens is 615 g/mol. The van der Waals surface area contributed by atoms with Gasteiger partial charge in [-0.2, -0.15) is 0 Å². The fourth-order valence-corrected chi connectivity index (χ4v) is 6.76. The van der Waals surface area contributed by atoms with E-state index in [1.165, 1.54) is 55.6 Å². The van der Waals surface area contributed by atoms with Crippen LogP contribution in [0.1, 0.15) is 52.7 Å². The molecule has 0 bridgehead atoms. The van der Waals surface area contributed by atoms with E-state index in [9.17, 15) is 0 Å². The molecule has 7 aromatic rings. The van der Waals surface area contributed by atoms with E-state index in [4.69, 9.17) is 0 Å². The van der Waals surface area contributed by atoms with E-state index in [0.29, 0.717) is 0 Å². The predicted molar refractivity (Wildman–Crippen MR) is 220 cm³/mol. The van der Waals surface area contributed by atoms with Crippen molar-refractivity contribution in [2.45, 2.75) is 52.4 Å². The normalized spacial score (nSPS) is 11.7. The Morgan fingerprint density at radius 3 is 0.882 bits per heavy atom. The van der Waals surface area contributed by atoms with Crippen LogP contribution in [0.2, 0.25) is 0 Å². The fraction of sp³-hybridized carbons (Fsp3) is 0.160. The van der Waals surface area contributed by atoms with Crippen molar-refractivity contribution in [3.63, 3.8) is 0 Å². The van der Waals surface area contributed by atoms with Gasteiger partial charge in [-0.15, -0.1) is 0 Å². The number of rotatable bonds is 7. The minimum Gasteiger partial charge on any atom is -0.310 e. The lowest BCUT2D eigenvalue weighted by Crippen LogP contribution is -2.11. The van der Waals surface area contributed by atoms with Crippen LogP contribution in [0.3, 0.4) is 0 Å². The highest BCUT2D eigenvalue weighted by atomic mass is 15.1. The SMILES string of the molecule is CC(C)(C)c1ccc(-c2cc(-c3ccccc3)cc(N(c3ccccc3)c3cc(-c4ccccc4)cc(-c4ccc(C(C)(C)C)cc4)c3)c2)cc1. The van der Waals surface area contributed by atoms with E-state index in [0.717, 1.165) is 17.1 Å². The number of hydrogen-bond donors (Lipinski definition) is 0. The Kier molecular flexibility index (Phi) is 9.23. The number of benzene rings is 7. The topological polar surface area (TPSA) is 3.24 Å². The van der Waals surface area contributed by atoms with Gasteiger partial charge < -0.3 is 4.90 Å². The summed E-state index contributed by atoms with van der Waals surface area (Å²) in [6.45, 7) is 13.6. The van der Waals surface area contributed by atoms with Crippen molar-refractivity contribution in [1.82, 2.24) is 0 Å². The van der Waals surface area contributed by atoms with Gasteiger partial charge in [-0.3, -0.25) is 0 Å². The lowest BCUT2D eigenvalue weighted by atomic mass is 9.86. The first-order valence-electron chi connectivity index (χ1n) is 18.0. The van der Waals surface area contributed by atoms with Gasteiger partial charge in [0.2, 0.25) is 0 Å². The quantitative estimate of drug-likeness (QED) is 0.164. The molecule has 0 aromatic heterocycles. The third kappa shape index (κ3) is 7.59. The minimum atomic E-state index is 0.0915. The molecule has 0 aliphatic rings. The van der Waals surface area contributed by atoms with Gasteiger partial charge in [-0.25, -0.2) is 0 Å². The molecule has 0 saturated heterocycles. The van der Waals surface area contributed by atoms with Crippen molar-refractivity contribution >= 4 is 17.1 Å². The average molecular weight is 662 g/mol. The molecule has 0 heterocycles. The number of nitrogens with zero attached hydrogens (tertiary/aromatic N) is 1. The Hall–Kier alpha value is -5.66. The second-order valence-electron chi connectivity index (χ2n) is 15.6. The molecular formula is C50H47N. The standard InChI is InChI=1S/C50H47N/c1-49(2,3)44-26-22-38(23-27-44)42-30-40(36-16-10-7-11-17-36)32-47(34-42)51(46-20-14-9-15-21-46)48-33-41(37-18-12-8-13-19-37)31-43(35-48)39-24-28-45(29-25-39)50(4,5)6/h7-35H,1-6H3. The highest BCUT2D eigenvalue weighted by Gasteiger charge is 2.19. The first kappa shape index (κ1) is 33.8. The third-order valence-corrected chi connectivity index (χ3v) is 9.75. The summed E-state index contributed by atoms with van der Waals surface area (Å²) in [5.41, 5.74) is 15.7. The zero-order valence-corrected chi connectivity index (χ0v) is 30.7. The second kappa shape index (κ2) is 13.9. The van der Waals surface area contributed by atoms with E-state index in [-0.39, 0.29) is 10.8 Å². The number of anilines is 3. The van der Waals surface area contributed by atoms with E-state index < -0.39 is 0 Å². The van der Waals surface area contributed by atoms with Crippen LogP contribution in [0.15, 0.2) is 176 Å². The van der Waals surface area contributed by atoms with Gasteiger partial charge in [0, 0.05) is 17.1 Å². The first-order valence-corrected chi connectivity index (χ1v) is 18.0. The molecule has 0 amide bonds. The summed E-state index contributed by atoms with van der Waals surface area (Å²) in [7, 11) is 0. The van der Waals surface area contributed by atoms with Crippen LogP contribution >= 0.6 is 0 Å². The Labute approximate surface area is 304 Å². The minimum absolute atomic E-state index is 0.0915. The van der Waals surface area contributed by atoms with Crippen molar-refractivity contribution in [2.24, 2.45) is 0 Å². The monoisotopic (exact) mass is 661 g/mol. The van der Waals surface area contributed by atoms with Crippen LogP contribution in [0, 0.1) is 0 Å². The molecule has 0 saturated carbocycles. The van der Waals surface area contributed by atoms with Crippen LogP contribution in [-0.4, -0.2) is 0 Å². The number of hydrogen-bond acceptors (Lipinski definition) is 1. The Bertz CT molecular complexity index is 2070. The summed E-state index contributed by atoms with van der Waals surface area (Å²) >= 11 is 0. The van der Waals surface area contributed by atoms with Gasteiger partial charge in [0.25, 0.3) is 0 Å². The molecule has 1 heteroatoms. The van der Waals surface area contributed by atoms with Crippen LogP contribution in [-0.2, 0) is 10.8 Å². The molecule has 0 atom stereocenters. The van der Waals surface area contributed by atoms with E-state index in [1.807, 2.05) is 0 Å². The molecule has 0 aliphatic heterocycles. The molecule has 51 heavy (non-hydrogen) atoms. The number of para-hydroxylation sites is 1. The largest absolute Gasteiger partial charge is 0.310 e. The van der Waals surface area contributed by atoms with Gasteiger partial charge in [0.1, 0.15) is 0 Å². The summed E-state index contributed by atoms with van der Waals surface area (Å²) in [4.78, 5) is 2.42. The first-order chi connectivity index (χ1) is 24.5.